The minimum absolute atomic E-state index is 0.0993. The summed E-state index contributed by atoms with van der Waals surface area (Å²) in [6.07, 6.45) is 6.11. The van der Waals surface area contributed by atoms with Gasteiger partial charge in [-0.1, -0.05) is 20.8 Å². The molecule has 2 fully saturated rings. The zero-order chi connectivity index (χ0) is 24.4. The van der Waals surface area contributed by atoms with E-state index >= 15 is 0 Å². The van der Waals surface area contributed by atoms with Gasteiger partial charge in [0.05, 0.1) is 23.9 Å². The number of amides is 1. The van der Waals surface area contributed by atoms with Gasteiger partial charge in [0, 0.05) is 49.0 Å². The van der Waals surface area contributed by atoms with Crippen molar-refractivity contribution in [3.8, 4) is 17.1 Å². The van der Waals surface area contributed by atoms with E-state index in [-0.39, 0.29) is 5.92 Å². The molecule has 1 aromatic carbocycles. The lowest BCUT2D eigenvalue weighted by Crippen LogP contribution is -2.42. The molecule has 6 heteroatoms. The van der Waals surface area contributed by atoms with Gasteiger partial charge in [-0.15, -0.1) is 0 Å². The Morgan fingerprint density at radius 1 is 1.11 bits per heavy atom. The zero-order valence-electron chi connectivity index (χ0n) is 21.3. The third kappa shape index (κ3) is 5.47. The molecular weight excluding hydrogens is 436 g/mol. The second kappa shape index (κ2) is 10.3. The van der Waals surface area contributed by atoms with Crippen molar-refractivity contribution in [1.82, 2.24) is 14.9 Å². The number of carbonyl (C=O) groups is 1. The highest BCUT2D eigenvalue weighted by Crippen LogP contribution is 2.31. The second-order valence-electron chi connectivity index (χ2n) is 10.8. The highest BCUT2D eigenvalue weighted by atomic mass is 16.5. The molecule has 3 aromatic rings. The molecule has 2 aromatic heterocycles. The third-order valence-electron chi connectivity index (χ3n) is 7.57. The van der Waals surface area contributed by atoms with Crippen molar-refractivity contribution < 1.29 is 9.53 Å². The normalized spacial score (nSPS) is 19.1. The summed E-state index contributed by atoms with van der Waals surface area (Å²) in [6, 6.07) is 12.5. The highest BCUT2D eigenvalue weighted by molar-refractivity contribution is 5.87. The van der Waals surface area contributed by atoms with E-state index in [2.05, 4.69) is 70.9 Å². The SMILES string of the molecule is CC(C)CCOc1ccc2[nH]c(-c3cc(N4CCC(C(=O)N5CCC(C)CC5)C4)ccn3)cc2c1. The number of hydrogen-bond donors (Lipinski definition) is 1. The fourth-order valence-electron chi connectivity index (χ4n) is 5.20. The fraction of sp³-hybridized carbons (Fsp3) is 0.517. The summed E-state index contributed by atoms with van der Waals surface area (Å²) in [5.41, 5.74) is 4.12. The standard InChI is InChI=1S/C29H38N4O2/c1-20(2)10-15-35-25-4-5-26-23(16-25)17-28(31-26)27-18-24(6-11-30-27)33-14-9-22(19-33)29(34)32-12-7-21(3)8-13-32/h4-6,11,16-18,20-22,31H,7-10,12-15,19H2,1-3H3. The number of H-pyrrole nitrogens is 1. The second-order valence-corrected chi connectivity index (χ2v) is 10.8. The molecule has 1 unspecified atom stereocenters. The number of fused-ring (bicyclic) bond motifs is 1. The van der Waals surface area contributed by atoms with Crippen LogP contribution >= 0.6 is 0 Å². The molecule has 1 N–H and O–H groups in total. The van der Waals surface area contributed by atoms with Crippen LogP contribution in [0.4, 0.5) is 5.69 Å². The van der Waals surface area contributed by atoms with E-state index in [1.54, 1.807) is 0 Å². The molecule has 2 aliphatic heterocycles. The van der Waals surface area contributed by atoms with Crippen LogP contribution in [0.3, 0.4) is 0 Å². The van der Waals surface area contributed by atoms with Gasteiger partial charge in [0.1, 0.15) is 5.75 Å². The lowest BCUT2D eigenvalue weighted by Gasteiger charge is -2.32. The van der Waals surface area contributed by atoms with E-state index in [9.17, 15) is 4.79 Å². The molecule has 0 bridgehead atoms. The summed E-state index contributed by atoms with van der Waals surface area (Å²) in [7, 11) is 0. The molecular formula is C29H38N4O2. The largest absolute Gasteiger partial charge is 0.494 e. The van der Waals surface area contributed by atoms with Crippen LogP contribution in [0.25, 0.3) is 22.3 Å². The molecule has 1 amide bonds. The van der Waals surface area contributed by atoms with Crippen LogP contribution in [0.2, 0.25) is 0 Å². The molecule has 0 saturated carbocycles. The van der Waals surface area contributed by atoms with Crippen molar-refractivity contribution in [2.24, 2.45) is 17.8 Å². The van der Waals surface area contributed by atoms with Crippen molar-refractivity contribution >= 4 is 22.5 Å². The number of carbonyl (C=O) groups excluding carboxylic acids is 1. The van der Waals surface area contributed by atoms with Crippen molar-refractivity contribution in [2.75, 3.05) is 37.7 Å². The molecule has 4 heterocycles. The number of aromatic amines is 1. The van der Waals surface area contributed by atoms with Gasteiger partial charge in [-0.2, -0.15) is 0 Å². The molecule has 1 atom stereocenters. The van der Waals surface area contributed by atoms with Gasteiger partial charge in [-0.05, 0) is 73.9 Å². The zero-order valence-corrected chi connectivity index (χ0v) is 21.3. The van der Waals surface area contributed by atoms with Crippen LogP contribution in [0.5, 0.6) is 5.75 Å². The molecule has 6 nitrogen and oxygen atoms in total. The molecule has 35 heavy (non-hydrogen) atoms. The number of pyridine rings is 1. The Kier molecular flexibility index (Phi) is 6.98. The first-order chi connectivity index (χ1) is 17.0. The summed E-state index contributed by atoms with van der Waals surface area (Å²) in [5.74, 6) is 2.72. The van der Waals surface area contributed by atoms with Crippen molar-refractivity contribution in [1.29, 1.82) is 0 Å². The number of aromatic nitrogens is 2. The molecule has 2 aliphatic rings. The van der Waals surface area contributed by atoms with Gasteiger partial charge in [0.25, 0.3) is 0 Å². The molecule has 5 rings (SSSR count). The number of likely N-dealkylation sites (tertiary alicyclic amines) is 1. The van der Waals surface area contributed by atoms with Crippen LogP contribution < -0.4 is 9.64 Å². The summed E-state index contributed by atoms with van der Waals surface area (Å²) in [5, 5.41) is 1.12. The summed E-state index contributed by atoms with van der Waals surface area (Å²) in [6.45, 7) is 11.0. The Morgan fingerprint density at radius 2 is 1.94 bits per heavy atom. The molecule has 186 valence electrons. The van der Waals surface area contributed by atoms with Crippen molar-refractivity contribution in [3.05, 3.63) is 42.6 Å². The van der Waals surface area contributed by atoms with E-state index in [4.69, 9.17) is 4.74 Å². The van der Waals surface area contributed by atoms with Crippen LogP contribution in [0, 0.1) is 17.8 Å². The summed E-state index contributed by atoms with van der Waals surface area (Å²) < 4.78 is 5.94. The Morgan fingerprint density at radius 3 is 2.74 bits per heavy atom. The van der Waals surface area contributed by atoms with Gasteiger partial charge < -0.3 is 19.5 Å². The predicted molar refractivity (Wildman–Crippen MR) is 142 cm³/mol. The predicted octanol–water partition coefficient (Wildman–Crippen LogP) is 5.74. The van der Waals surface area contributed by atoms with E-state index in [1.165, 1.54) is 0 Å². The van der Waals surface area contributed by atoms with E-state index in [1.807, 2.05) is 12.3 Å². The fourth-order valence-corrected chi connectivity index (χ4v) is 5.20. The molecule has 2 saturated heterocycles. The summed E-state index contributed by atoms with van der Waals surface area (Å²) in [4.78, 5) is 25.6. The van der Waals surface area contributed by atoms with Crippen LogP contribution in [0.15, 0.2) is 42.6 Å². The van der Waals surface area contributed by atoms with Gasteiger partial charge in [-0.25, -0.2) is 0 Å². The highest BCUT2D eigenvalue weighted by Gasteiger charge is 2.33. The maximum Gasteiger partial charge on any atom is 0.227 e. The summed E-state index contributed by atoms with van der Waals surface area (Å²) >= 11 is 0. The van der Waals surface area contributed by atoms with Crippen LogP contribution in [0.1, 0.15) is 46.5 Å². The minimum Gasteiger partial charge on any atom is -0.494 e. The molecule has 0 radical (unpaired) electrons. The topological polar surface area (TPSA) is 61.5 Å². The number of ether oxygens (including phenoxy) is 1. The number of anilines is 1. The van der Waals surface area contributed by atoms with Gasteiger partial charge in [0.2, 0.25) is 5.91 Å². The number of benzene rings is 1. The Hall–Kier alpha value is -3.02. The number of piperidine rings is 1. The van der Waals surface area contributed by atoms with Crippen molar-refractivity contribution in [3.63, 3.8) is 0 Å². The van der Waals surface area contributed by atoms with Gasteiger partial charge >= 0.3 is 0 Å². The Bertz CT molecular complexity index is 1160. The number of rotatable bonds is 7. The number of hydrogen-bond acceptors (Lipinski definition) is 4. The first kappa shape index (κ1) is 23.7. The Labute approximate surface area is 208 Å². The average molecular weight is 475 g/mol. The lowest BCUT2D eigenvalue weighted by molar-refractivity contribution is -0.136. The monoisotopic (exact) mass is 474 g/mol. The van der Waals surface area contributed by atoms with E-state index in [0.29, 0.717) is 11.8 Å². The lowest BCUT2D eigenvalue weighted by atomic mass is 9.97. The first-order valence-electron chi connectivity index (χ1n) is 13.2. The van der Waals surface area contributed by atoms with Gasteiger partial charge in [-0.3, -0.25) is 9.78 Å². The smallest absolute Gasteiger partial charge is 0.227 e. The first-order valence-corrected chi connectivity index (χ1v) is 13.2. The van der Waals surface area contributed by atoms with Crippen LogP contribution in [-0.4, -0.2) is 53.6 Å². The molecule has 0 spiro atoms. The molecule has 0 aliphatic carbocycles. The number of nitrogens with zero attached hydrogens (tertiary/aromatic N) is 3. The maximum atomic E-state index is 13.1. The average Bonchev–Trinajstić information content (AvgIpc) is 3.51. The number of nitrogens with one attached hydrogen (secondary N) is 1. The minimum atomic E-state index is 0.0993. The maximum absolute atomic E-state index is 13.1. The third-order valence-corrected chi connectivity index (χ3v) is 7.57. The van der Waals surface area contributed by atoms with E-state index in [0.717, 1.165) is 98.1 Å². The van der Waals surface area contributed by atoms with Crippen LogP contribution in [-0.2, 0) is 4.79 Å². The van der Waals surface area contributed by atoms with E-state index < -0.39 is 0 Å². The van der Waals surface area contributed by atoms with Crippen molar-refractivity contribution in [2.45, 2.75) is 46.5 Å². The quantitative estimate of drug-likeness (QED) is 0.474. The van der Waals surface area contributed by atoms with Gasteiger partial charge in [0.15, 0.2) is 0 Å². The Balaban J connectivity index is 1.26.